The Labute approximate surface area is 105 Å². The van der Waals surface area contributed by atoms with Gasteiger partial charge in [-0.25, -0.2) is 0 Å². The molecule has 17 heavy (non-hydrogen) atoms. The molecule has 1 rings (SSSR count). The van der Waals surface area contributed by atoms with Crippen molar-refractivity contribution >= 4 is 5.97 Å². The Bertz CT molecular complexity index is 256. The Hall–Kier alpha value is -0.790. The van der Waals surface area contributed by atoms with Gasteiger partial charge in [0.15, 0.2) is 0 Å². The van der Waals surface area contributed by atoms with Crippen molar-refractivity contribution < 1.29 is 9.53 Å². The first kappa shape index (κ1) is 14.3. The minimum Gasteiger partial charge on any atom is -0.462 e. The fourth-order valence-corrected chi connectivity index (χ4v) is 2.12. The van der Waals surface area contributed by atoms with E-state index in [-0.39, 0.29) is 12.1 Å². The topological polar surface area (TPSA) is 26.3 Å². The average Bonchev–Trinajstić information content (AvgIpc) is 2.26. The first-order valence-corrected chi connectivity index (χ1v) is 6.94. The van der Waals surface area contributed by atoms with Crippen LogP contribution in [0, 0.1) is 11.8 Å². The van der Waals surface area contributed by atoms with Crippen molar-refractivity contribution in [2.45, 2.75) is 65.4 Å². The Morgan fingerprint density at radius 1 is 1.24 bits per heavy atom. The van der Waals surface area contributed by atoms with Crippen molar-refractivity contribution in [2.75, 3.05) is 0 Å². The van der Waals surface area contributed by atoms with Crippen LogP contribution >= 0.6 is 0 Å². The van der Waals surface area contributed by atoms with Gasteiger partial charge >= 0.3 is 5.97 Å². The van der Waals surface area contributed by atoms with Crippen LogP contribution < -0.4 is 0 Å². The molecule has 0 saturated heterocycles. The van der Waals surface area contributed by atoms with E-state index in [1.54, 1.807) is 0 Å². The molecule has 2 unspecified atom stereocenters. The first-order chi connectivity index (χ1) is 8.09. The third-order valence-electron chi connectivity index (χ3n) is 3.43. The molecule has 0 saturated carbocycles. The Kier molecular flexibility index (Phi) is 6.31. The summed E-state index contributed by atoms with van der Waals surface area (Å²) in [6.07, 6.45) is 10.4. The predicted molar refractivity (Wildman–Crippen MR) is 70.7 cm³/mol. The monoisotopic (exact) mass is 238 g/mol. The quantitative estimate of drug-likeness (QED) is 0.508. The van der Waals surface area contributed by atoms with Gasteiger partial charge in [0, 0.05) is 12.8 Å². The van der Waals surface area contributed by atoms with Crippen LogP contribution in [0.15, 0.2) is 12.2 Å². The molecule has 1 heterocycles. The van der Waals surface area contributed by atoms with Gasteiger partial charge in [0.25, 0.3) is 0 Å². The maximum absolute atomic E-state index is 11.6. The Balaban J connectivity index is 2.57. The van der Waals surface area contributed by atoms with Gasteiger partial charge in [-0.05, 0) is 24.7 Å². The zero-order chi connectivity index (χ0) is 12.7. The van der Waals surface area contributed by atoms with Gasteiger partial charge in [-0.3, -0.25) is 4.79 Å². The van der Waals surface area contributed by atoms with E-state index in [1.165, 1.54) is 6.42 Å². The van der Waals surface area contributed by atoms with Gasteiger partial charge in [-0.1, -0.05) is 45.8 Å². The lowest BCUT2D eigenvalue weighted by molar-refractivity contribution is -0.151. The standard InChI is InChI=1S/C15H26O2/c1-12(2)14-10-6-4-8-13(3)9-5-7-11-15(16)17-14/h4,6,12-14H,5,7-11H2,1-3H3. The Morgan fingerprint density at radius 2 is 1.94 bits per heavy atom. The minimum atomic E-state index is -0.0228. The molecule has 0 aromatic heterocycles. The number of ether oxygens (including phenoxy) is 1. The highest BCUT2D eigenvalue weighted by atomic mass is 16.5. The highest BCUT2D eigenvalue weighted by Crippen LogP contribution is 2.18. The maximum atomic E-state index is 11.6. The zero-order valence-corrected chi connectivity index (χ0v) is 11.4. The molecule has 0 amide bonds. The molecule has 0 N–H and O–H groups in total. The molecule has 2 atom stereocenters. The number of hydrogen-bond acceptors (Lipinski definition) is 2. The van der Waals surface area contributed by atoms with Gasteiger partial charge in [-0.15, -0.1) is 0 Å². The lowest BCUT2D eigenvalue weighted by Crippen LogP contribution is -2.23. The van der Waals surface area contributed by atoms with Crippen LogP contribution in [-0.4, -0.2) is 12.1 Å². The lowest BCUT2D eigenvalue weighted by atomic mass is 9.98. The van der Waals surface area contributed by atoms with Gasteiger partial charge in [0.1, 0.15) is 6.10 Å². The molecule has 0 fully saturated rings. The van der Waals surface area contributed by atoms with Crippen LogP contribution in [0.2, 0.25) is 0 Å². The van der Waals surface area contributed by atoms with E-state index in [0.717, 1.165) is 31.6 Å². The molecule has 2 nitrogen and oxygen atoms in total. The van der Waals surface area contributed by atoms with Crippen molar-refractivity contribution in [3.8, 4) is 0 Å². The first-order valence-electron chi connectivity index (χ1n) is 6.94. The van der Waals surface area contributed by atoms with Crippen LogP contribution in [0.25, 0.3) is 0 Å². The number of carbonyl (C=O) groups excluding carboxylic acids is 1. The molecule has 0 aliphatic carbocycles. The van der Waals surface area contributed by atoms with E-state index in [2.05, 4.69) is 32.9 Å². The highest BCUT2D eigenvalue weighted by molar-refractivity contribution is 5.69. The lowest BCUT2D eigenvalue weighted by Gasteiger charge is -2.20. The van der Waals surface area contributed by atoms with Gasteiger partial charge in [0.2, 0.25) is 0 Å². The summed E-state index contributed by atoms with van der Waals surface area (Å²) in [6.45, 7) is 6.51. The van der Waals surface area contributed by atoms with Crippen LogP contribution in [0.5, 0.6) is 0 Å². The summed E-state index contributed by atoms with van der Waals surface area (Å²) in [5, 5.41) is 0. The number of esters is 1. The van der Waals surface area contributed by atoms with Gasteiger partial charge < -0.3 is 4.74 Å². The van der Waals surface area contributed by atoms with Crippen molar-refractivity contribution in [3.63, 3.8) is 0 Å². The fraction of sp³-hybridized carbons (Fsp3) is 0.800. The average molecular weight is 238 g/mol. The van der Waals surface area contributed by atoms with E-state index < -0.39 is 0 Å². The minimum absolute atomic E-state index is 0.0228. The summed E-state index contributed by atoms with van der Waals surface area (Å²) in [7, 11) is 0. The summed E-state index contributed by atoms with van der Waals surface area (Å²) in [5.74, 6) is 1.11. The van der Waals surface area contributed by atoms with E-state index in [4.69, 9.17) is 4.74 Å². The molecular formula is C15H26O2. The second-order valence-electron chi connectivity index (χ2n) is 5.57. The molecule has 2 heteroatoms. The summed E-state index contributed by atoms with van der Waals surface area (Å²) in [4.78, 5) is 11.6. The molecule has 0 bridgehead atoms. The van der Waals surface area contributed by atoms with Crippen molar-refractivity contribution in [2.24, 2.45) is 11.8 Å². The van der Waals surface area contributed by atoms with Crippen molar-refractivity contribution in [1.29, 1.82) is 0 Å². The molecular weight excluding hydrogens is 212 g/mol. The highest BCUT2D eigenvalue weighted by Gasteiger charge is 2.17. The number of hydrogen-bond donors (Lipinski definition) is 0. The SMILES string of the molecule is CC1CC=CCC(C(C)C)OC(=O)CCCC1. The van der Waals surface area contributed by atoms with E-state index in [0.29, 0.717) is 12.3 Å². The Morgan fingerprint density at radius 3 is 2.65 bits per heavy atom. The molecule has 0 spiro atoms. The second kappa shape index (κ2) is 7.52. The number of cyclic esters (lactones) is 1. The van der Waals surface area contributed by atoms with Crippen LogP contribution in [-0.2, 0) is 9.53 Å². The van der Waals surface area contributed by atoms with Crippen molar-refractivity contribution in [1.82, 2.24) is 0 Å². The molecule has 1 aliphatic rings. The summed E-state index contributed by atoms with van der Waals surface area (Å²) in [5.41, 5.74) is 0. The maximum Gasteiger partial charge on any atom is 0.306 e. The largest absolute Gasteiger partial charge is 0.462 e. The van der Waals surface area contributed by atoms with Crippen LogP contribution in [0.3, 0.4) is 0 Å². The molecule has 0 radical (unpaired) electrons. The van der Waals surface area contributed by atoms with Crippen molar-refractivity contribution in [3.05, 3.63) is 12.2 Å². The smallest absolute Gasteiger partial charge is 0.306 e. The van der Waals surface area contributed by atoms with Crippen LogP contribution in [0.1, 0.15) is 59.3 Å². The third kappa shape index (κ3) is 5.90. The zero-order valence-electron chi connectivity index (χ0n) is 11.4. The van der Waals surface area contributed by atoms with E-state index in [9.17, 15) is 4.79 Å². The van der Waals surface area contributed by atoms with Crippen LogP contribution in [0.4, 0.5) is 0 Å². The summed E-state index contributed by atoms with van der Waals surface area (Å²) in [6, 6.07) is 0. The molecule has 0 aromatic carbocycles. The molecule has 0 aromatic rings. The van der Waals surface area contributed by atoms with E-state index >= 15 is 0 Å². The summed E-state index contributed by atoms with van der Waals surface area (Å²) >= 11 is 0. The normalized spacial score (nSPS) is 28.4. The molecule has 1 aliphatic heterocycles. The number of rotatable bonds is 1. The van der Waals surface area contributed by atoms with E-state index in [1.807, 2.05) is 0 Å². The summed E-state index contributed by atoms with van der Waals surface area (Å²) < 4.78 is 5.52. The third-order valence-corrected chi connectivity index (χ3v) is 3.43. The number of carbonyl (C=O) groups is 1. The van der Waals surface area contributed by atoms with Gasteiger partial charge in [0.05, 0.1) is 0 Å². The van der Waals surface area contributed by atoms with Gasteiger partial charge in [-0.2, -0.15) is 0 Å². The number of allylic oxidation sites excluding steroid dienone is 1. The fourth-order valence-electron chi connectivity index (χ4n) is 2.12. The predicted octanol–water partition coefficient (Wildman–Crippen LogP) is 4.10. The second-order valence-corrected chi connectivity index (χ2v) is 5.57. The molecule has 98 valence electrons.